The molecule has 1 aliphatic heterocycles. The molecule has 1 heterocycles. The van der Waals surface area contributed by atoms with E-state index in [-0.39, 0.29) is 0 Å². The van der Waals surface area contributed by atoms with Crippen LogP contribution in [0.15, 0.2) is 24.3 Å². The Morgan fingerprint density at radius 2 is 1.52 bits per heavy atom. The Balaban J connectivity index is 0.000000380. The molecule has 3 rings (SSSR count). The van der Waals surface area contributed by atoms with E-state index in [2.05, 4.69) is 34.1 Å². The van der Waals surface area contributed by atoms with Crippen LogP contribution in [-0.2, 0) is 16.1 Å². The van der Waals surface area contributed by atoms with Gasteiger partial charge >= 0.3 is 11.9 Å². The van der Waals surface area contributed by atoms with Gasteiger partial charge in [-0.15, -0.1) is 0 Å². The summed E-state index contributed by atoms with van der Waals surface area (Å²) in [5.41, 5.74) is 1.39. The van der Waals surface area contributed by atoms with E-state index < -0.39 is 11.9 Å². The number of aliphatic carboxylic acids is 2. The molecule has 0 amide bonds. The number of nitrogens with zero attached hydrogens (tertiary/aromatic N) is 2. The third kappa shape index (κ3) is 7.19. The molecule has 0 bridgehead atoms. The number of benzene rings is 1. The van der Waals surface area contributed by atoms with Crippen LogP contribution >= 0.6 is 0 Å². The van der Waals surface area contributed by atoms with E-state index in [1.165, 1.54) is 63.8 Å². The summed E-state index contributed by atoms with van der Waals surface area (Å²) in [7, 11) is 1.72. The maximum absolute atomic E-state index is 9.10. The van der Waals surface area contributed by atoms with Crippen LogP contribution in [0.5, 0.6) is 5.75 Å². The van der Waals surface area contributed by atoms with Crippen LogP contribution in [0.3, 0.4) is 0 Å². The number of hydrogen-bond acceptors (Lipinski definition) is 5. The van der Waals surface area contributed by atoms with E-state index >= 15 is 0 Å². The second-order valence-electron chi connectivity index (χ2n) is 7.06. The predicted octanol–water partition coefficient (Wildman–Crippen LogP) is 2.30. The molecule has 2 fully saturated rings. The Hall–Kier alpha value is -2.12. The lowest BCUT2D eigenvalue weighted by atomic mass is 9.94. The van der Waals surface area contributed by atoms with Crippen LogP contribution < -0.4 is 4.74 Å². The van der Waals surface area contributed by atoms with Crippen molar-refractivity contribution in [2.45, 2.75) is 44.7 Å². The third-order valence-electron chi connectivity index (χ3n) is 5.25. The maximum Gasteiger partial charge on any atom is 0.414 e. The molecule has 150 valence electrons. The predicted molar refractivity (Wildman–Crippen MR) is 102 cm³/mol. The van der Waals surface area contributed by atoms with Crippen molar-refractivity contribution in [3.05, 3.63) is 29.8 Å². The number of rotatable bonds is 4. The van der Waals surface area contributed by atoms with E-state index in [0.717, 1.165) is 18.3 Å². The third-order valence-corrected chi connectivity index (χ3v) is 5.25. The van der Waals surface area contributed by atoms with Crippen molar-refractivity contribution in [3.8, 4) is 5.75 Å². The molecule has 0 spiro atoms. The van der Waals surface area contributed by atoms with Crippen molar-refractivity contribution in [3.63, 3.8) is 0 Å². The molecule has 2 aliphatic rings. The summed E-state index contributed by atoms with van der Waals surface area (Å²) in [6, 6.07) is 9.38. The highest BCUT2D eigenvalue weighted by molar-refractivity contribution is 6.27. The Morgan fingerprint density at radius 1 is 0.963 bits per heavy atom. The average Bonchev–Trinajstić information content (AvgIpc) is 2.70. The van der Waals surface area contributed by atoms with Gasteiger partial charge in [0.15, 0.2) is 0 Å². The number of carboxylic acids is 2. The van der Waals surface area contributed by atoms with Crippen molar-refractivity contribution in [1.29, 1.82) is 0 Å². The highest BCUT2D eigenvalue weighted by atomic mass is 16.5. The lowest BCUT2D eigenvalue weighted by Gasteiger charge is -2.40. The van der Waals surface area contributed by atoms with E-state index in [1.54, 1.807) is 7.11 Å². The first-order valence-corrected chi connectivity index (χ1v) is 9.55. The molecule has 2 N–H and O–H groups in total. The normalized spacial score (nSPS) is 19.0. The fraction of sp³-hybridized carbons (Fsp3) is 0.600. The zero-order chi connectivity index (χ0) is 19.6. The summed E-state index contributed by atoms with van der Waals surface area (Å²) in [4.78, 5) is 23.5. The number of hydrogen-bond donors (Lipinski definition) is 2. The van der Waals surface area contributed by atoms with Crippen LogP contribution in [0.25, 0.3) is 0 Å². The highest BCUT2D eigenvalue weighted by Crippen LogP contribution is 2.24. The minimum absolute atomic E-state index is 0.877. The molecule has 27 heavy (non-hydrogen) atoms. The molecule has 0 aromatic heterocycles. The van der Waals surface area contributed by atoms with Gasteiger partial charge in [-0.1, -0.05) is 31.4 Å². The first-order chi connectivity index (χ1) is 13.0. The molecule has 7 heteroatoms. The van der Waals surface area contributed by atoms with Gasteiger partial charge in [0.1, 0.15) is 5.75 Å². The smallest absolute Gasteiger partial charge is 0.414 e. The second-order valence-corrected chi connectivity index (χ2v) is 7.06. The number of methoxy groups -OCH3 is 1. The van der Waals surface area contributed by atoms with E-state index in [1.807, 2.05) is 0 Å². The minimum atomic E-state index is -1.82. The largest absolute Gasteiger partial charge is 0.497 e. The number of carboxylic acid groups (broad SMARTS) is 2. The van der Waals surface area contributed by atoms with Crippen molar-refractivity contribution in [1.82, 2.24) is 9.80 Å². The van der Waals surface area contributed by atoms with Crippen molar-refractivity contribution >= 4 is 11.9 Å². The van der Waals surface area contributed by atoms with E-state index in [0.29, 0.717) is 0 Å². The van der Waals surface area contributed by atoms with Gasteiger partial charge in [-0.25, -0.2) is 9.59 Å². The first-order valence-electron chi connectivity index (χ1n) is 9.55. The van der Waals surface area contributed by atoms with Gasteiger partial charge in [0.25, 0.3) is 0 Å². The minimum Gasteiger partial charge on any atom is -0.497 e. The average molecular weight is 378 g/mol. The fourth-order valence-corrected chi connectivity index (χ4v) is 3.72. The second kappa shape index (κ2) is 10.9. The van der Waals surface area contributed by atoms with Crippen LogP contribution in [0.1, 0.15) is 37.7 Å². The topological polar surface area (TPSA) is 90.3 Å². The molecule has 7 nitrogen and oxygen atoms in total. The molecular formula is C20H30N2O5. The van der Waals surface area contributed by atoms with Crippen molar-refractivity contribution in [2.75, 3.05) is 33.3 Å². The summed E-state index contributed by atoms with van der Waals surface area (Å²) in [5.74, 6) is -2.70. The van der Waals surface area contributed by atoms with Crippen LogP contribution in [0, 0.1) is 0 Å². The van der Waals surface area contributed by atoms with Gasteiger partial charge in [0.2, 0.25) is 0 Å². The summed E-state index contributed by atoms with van der Waals surface area (Å²) in [6.45, 7) is 6.00. The first kappa shape index (κ1) is 21.2. The van der Waals surface area contributed by atoms with Gasteiger partial charge < -0.3 is 14.9 Å². The number of carbonyl (C=O) groups is 2. The van der Waals surface area contributed by atoms with Gasteiger partial charge in [-0.2, -0.15) is 0 Å². The molecular weight excluding hydrogens is 348 g/mol. The van der Waals surface area contributed by atoms with Crippen LogP contribution in [0.4, 0.5) is 0 Å². The quantitative estimate of drug-likeness (QED) is 0.777. The molecule has 0 unspecified atom stereocenters. The molecule has 1 aromatic carbocycles. The molecule has 1 saturated carbocycles. The summed E-state index contributed by atoms with van der Waals surface area (Å²) in [6.07, 6.45) is 7.19. The molecule has 0 radical (unpaired) electrons. The summed E-state index contributed by atoms with van der Waals surface area (Å²) < 4.78 is 5.22. The molecule has 1 aromatic rings. The highest BCUT2D eigenvalue weighted by Gasteiger charge is 2.24. The van der Waals surface area contributed by atoms with Gasteiger partial charge in [0.05, 0.1) is 7.11 Å². The maximum atomic E-state index is 9.10. The van der Waals surface area contributed by atoms with Crippen molar-refractivity contribution in [2.24, 2.45) is 0 Å². The van der Waals surface area contributed by atoms with Crippen molar-refractivity contribution < 1.29 is 24.5 Å². The lowest BCUT2D eigenvalue weighted by Crippen LogP contribution is -2.50. The van der Waals surface area contributed by atoms with Gasteiger partial charge in [-0.05, 0) is 30.5 Å². The van der Waals surface area contributed by atoms with Gasteiger partial charge in [0, 0.05) is 38.8 Å². The molecule has 1 aliphatic carbocycles. The zero-order valence-corrected chi connectivity index (χ0v) is 16.0. The van der Waals surface area contributed by atoms with E-state index in [9.17, 15) is 0 Å². The SMILES string of the molecule is COc1ccc(CN2CCN(C3CCCCC3)CC2)cc1.O=C(O)C(=O)O. The summed E-state index contributed by atoms with van der Waals surface area (Å²) >= 11 is 0. The standard InChI is InChI=1S/C18H28N2O.C2H2O4/c1-21-18-9-7-16(8-10-18)15-19-11-13-20(14-12-19)17-5-3-2-4-6-17;3-1(4)2(5)6/h7-10,17H,2-6,11-15H2,1H3;(H,3,4)(H,5,6). The number of ether oxygens (including phenoxy) is 1. The lowest BCUT2D eigenvalue weighted by molar-refractivity contribution is -0.159. The Bertz CT molecular complexity index is 579. The number of piperazine rings is 1. The monoisotopic (exact) mass is 378 g/mol. The van der Waals surface area contributed by atoms with Gasteiger partial charge in [-0.3, -0.25) is 9.80 Å². The van der Waals surface area contributed by atoms with Crippen LogP contribution in [0.2, 0.25) is 0 Å². The summed E-state index contributed by atoms with van der Waals surface area (Å²) in [5, 5.41) is 14.8. The Morgan fingerprint density at radius 3 is 2.00 bits per heavy atom. The Kier molecular flexibility index (Phi) is 8.54. The Labute approximate surface area is 160 Å². The zero-order valence-electron chi connectivity index (χ0n) is 16.0. The molecule has 1 saturated heterocycles. The molecule has 0 atom stereocenters. The van der Waals surface area contributed by atoms with Crippen LogP contribution in [-0.4, -0.2) is 71.3 Å². The van der Waals surface area contributed by atoms with E-state index in [4.69, 9.17) is 24.5 Å². The fourth-order valence-electron chi connectivity index (χ4n) is 3.72.